The van der Waals surface area contributed by atoms with Crippen molar-refractivity contribution in [3.8, 4) is 0 Å². The Kier molecular flexibility index (Phi) is 4.97. The Morgan fingerprint density at radius 3 is 2.91 bits per heavy atom. The summed E-state index contributed by atoms with van der Waals surface area (Å²) in [5.41, 5.74) is 0.498. The molecular weight excluding hydrogens is 304 g/mol. The summed E-state index contributed by atoms with van der Waals surface area (Å²) in [5, 5.41) is 3.87. The largest absolute Gasteiger partial charge is 0.379 e. The molecule has 0 aliphatic carbocycles. The number of ether oxygens (including phenoxy) is 2. The zero-order valence-electron chi connectivity index (χ0n) is 12.8. The fraction of sp³-hybridized carbons (Fsp3) is 0.500. The second kappa shape index (κ2) is 7.14. The highest BCUT2D eigenvalue weighted by Gasteiger charge is 2.19. The summed E-state index contributed by atoms with van der Waals surface area (Å²) in [7, 11) is 0. The van der Waals surface area contributed by atoms with Crippen LogP contribution in [0.4, 0.5) is 14.6 Å². The standard InChI is InChI=1S/C16H19F2N3O2/c1-10(8-23-11-6-7-22-9-11)19-15-12-4-2-3-5-13(12)20-16(21-15)14(17)18/h2-5,10-11,14H,6-9H2,1H3,(H,19,20,21). The minimum atomic E-state index is -2.71. The first kappa shape index (κ1) is 16.0. The summed E-state index contributed by atoms with van der Waals surface area (Å²) < 4.78 is 37.0. The lowest BCUT2D eigenvalue weighted by Gasteiger charge is -2.18. The third-order valence-corrected chi connectivity index (χ3v) is 3.67. The molecule has 3 rings (SSSR count). The monoisotopic (exact) mass is 323 g/mol. The normalized spacial score (nSPS) is 19.4. The van der Waals surface area contributed by atoms with Crippen LogP contribution in [0, 0.1) is 0 Å². The van der Waals surface area contributed by atoms with Gasteiger partial charge in [-0.25, -0.2) is 18.7 Å². The van der Waals surface area contributed by atoms with E-state index in [0.29, 0.717) is 29.9 Å². The highest BCUT2D eigenvalue weighted by Crippen LogP contribution is 2.25. The predicted octanol–water partition coefficient (Wildman–Crippen LogP) is 3.17. The van der Waals surface area contributed by atoms with Crippen molar-refractivity contribution in [1.29, 1.82) is 0 Å². The van der Waals surface area contributed by atoms with Gasteiger partial charge in [-0.2, -0.15) is 0 Å². The van der Waals surface area contributed by atoms with E-state index in [4.69, 9.17) is 9.47 Å². The van der Waals surface area contributed by atoms with Crippen LogP contribution in [0.2, 0.25) is 0 Å². The maximum absolute atomic E-state index is 13.0. The van der Waals surface area contributed by atoms with Crippen molar-refractivity contribution >= 4 is 16.7 Å². The van der Waals surface area contributed by atoms with Gasteiger partial charge in [-0.05, 0) is 25.5 Å². The molecule has 0 spiro atoms. The van der Waals surface area contributed by atoms with Crippen LogP contribution in [0.5, 0.6) is 0 Å². The molecule has 1 aromatic carbocycles. The Labute approximate surface area is 133 Å². The highest BCUT2D eigenvalue weighted by molar-refractivity contribution is 5.89. The highest BCUT2D eigenvalue weighted by atomic mass is 19.3. The fourth-order valence-electron chi connectivity index (χ4n) is 2.50. The molecule has 1 aliphatic rings. The third kappa shape index (κ3) is 3.92. The summed E-state index contributed by atoms with van der Waals surface area (Å²) in [4.78, 5) is 7.87. The summed E-state index contributed by atoms with van der Waals surface area (Å²) in [5.74, 6) is -0.0619. The average molecular weight is 323 g/mol. The van der Waals surface area contributed by atoms with Crippen molar-refractivity contribution in [1.82, 2.24) is 9.97 Å². The molecule has 1 N–H and O–H groups in total. The fourth-order valence-corrected chi connectivity index (χ4v) is 2.50. The van der Waals surface area contributed by atoms with Gasteiger partial charge in [-0.15, -0.1) is 0 Å². The molecule has 2 heterocycles. The van der Waals surface area contributed by atoms with E-state index >= 15 is 0 Å². The lowest BCUT2D eigenvalue weighted by Crippen LogP contribution is -2.26. The second-order valence-electron chi connectivity index (χ2n) is 5.61. The van der Waals surface area contributed by atoms with Crippen LogP contribution in [-0.2, 0) is 9.47 Å². The van der Waals surface area contributed by atoms with Crippen LogP contribution in [0.3, 0.4) is 0 Å². The van der Waals surface area contributed by atoms with Gasteiger partial charge in [-0.3, -0.25) is 0 Å². The number of benzene rings is 1. The SMILES string of the molecule is CC(COC1CCOC1)Nc1nc(C(F)F)nc2ccccc12. The molecule has 1 aromatic heterocycles. The summed E-state index contributed by atoms with van der Waals surface area (Å²) in [6.45, 7) is 3.71. The summed E-state index contributed by atoms with van der Waals surface area (Å²) >= 11 is 0. The van der Waals surface area contributed by atoms with Crippen molar-refractivity contribution in [3.05, 3.63) is 30.1 Å². The topological polar surface area (TPSA) is 56.3 Å². The van der Waals surface area contributed by atoms with E-state index in [9.17, 15) is 8.78 Å². The van der Waals surface area contributed by atoms with Crippen molar-refractivity contribution in [2.24, 2.45) is 0 Å². The number of fused-ring (bicyclic) bond motifs is 1. The van der Waals surface area contributed by atoms with Gasteiger partial charge in [0.15, 0.2) is 5.82 Å². The van der Waals surface area contributed by atoms with Crippen molar-refractivity contribution in [3.63, 3.8) is 0 Å². The van der Waals surface area contributed by atoms with Crippen LogP contribution in [0.25, 0.3) is 10.9 Å². The molecule has 2 atom stereocenters. The molecule has 0 amide bonds. The molecule has 5 nitrogen and oxygen atoms in total. The molecule has 0 radical (unpaired) electrons. The summed E-state index contributed by atoms with van der Waals surface area (Å²) in [6, 6.07) is 7.03. The van der Waals surface area contributed by atoms with Crippen LogP contribution >= 0.6 is 0 Å². The molecule has 1 saturated heterocycles. The van der Waals surface area contributed by atoms with E-state index in [2.05, 4.69) is 15.3 Å². The van der Waals surface area contributed by atoms with Gasteiger partial charge >= 0.3 is 0 Å². The number of anilines is 1. The maximum Gasteiger partial charge on any atom is 0.297 e. The second-order valence-corrected chi connectivity index (χ2v) is 5.61. The molecule has 7 heteroatoms. The average Bonchev–Trinajstić information content (AvgIpc) is 3.06. The van der Waals surface area contributed by atoms with E-state index in [0.717, 1.165) is 13.0 Å². The maximum atomic E-state index is 13.0. The number of para-hydroxylation sites is 1. The Balaban J connectivity index is 1.74. The number of hydrogen-bond acceptors (Lipinski definition) is 5. The molecule has 124 valence electrons. The summed E-state index contributed by atoms with van der Waals surface area (Å²) in [6.07, 6.45) is -1.71. The first-order valence-electron chi connectivity index (χ1n) is 7.64. The van der Waals surface area contributed by atoms with Crippen LogP contribution in [0.1, 0.15) is 25.6 Å². The van der Waals surface area contributed by atoms with Gasteiger partial charge < -0.3 is 14.8 Å². The van der Waals surface area contributed by atoms with Crippen LogP contribution in [0.15, 0.2) is 24.3 Å². The number of rotatable bonds is 6. The minimum absolute atomic E-state index is 0.0700. The van der Waals surface area contributed by atoms with E-state index in [1.807, 2.05) is 19.1 Å². The zero-order valence-corrected chi connectivity index (χ0v) is 12.8. The van der Waals surface area contributed by atoms with Gasteiger partial charge in [0.05, 0.1) is 24.8 Å². The number of aromatic nitrogens is 2. The molecule has 2 aromatic rings. The Hall–Kier alpha value is -1.86. The lowest BCUT2D eigenvalue weighted by molar-refractivity contribution is 0.0395. The molecule has 1 fully saturated rings. The molecule has 0 bridgehead atoms. The molecular formula is C16H19F2N3O2. The smallest absolute Gasteiger partial charge is 0.297 e. The lowest BCUT2D eigenvalue weighted by atomic mass is 10.2. The first-order valence-corrected chi connectivity index (χ1v) is 7.64. The number of hydrogen-bond donors (Lipinski definition) is 1. The van der Waals surface area contributed by atoms with Gasteiger partial charge in [-0.1, -0.05) is 12.1 Å². The van der Waals surface area contributed by atoms with Gasteiger partial charge in [0, 0.05) is 18.0 Å². The van der Waals surface area contributed by atoms with E-state index in [-0.39, 0.29) is 12.1 Å². The number of alkyl halides is 2. The van der Waals surface area contributed by atoms with Crippen molar-refractivity contribution in [2.45, 2.75) is 31.9 Å². The third-order valence-electron chi connectivity index (χ3n) is 3.67. The predicted molar refractivity (Wildman–Crippen MR) is 82.8 cm³/mol. The van der Waals surface area contributed by atoms with Gasteiger partial charge in [0.1, 0.15) is 5.82 Å². The van der Waals surface area contributed by atoms with Crippen LogP contribution in [-0.4, -0.2) is 41.9 Å². The number of halogens is 2. The minimum Gasteiger partial charge on any atom is -0.379 e. The van der Waals surface area contributed by atoms with Gasteiger partial charge in [0.2, 0.25) is 0 Å². The first-order chi connectivity index (χ1) is 11.1. The van der Waals surface area contributed by atoms with Crippen molar-refractivity contribution in [2.75, 3.05) is 25.1 Å². The Morgan fingerprint density at radius 2 is 2.17 bits per heavy atom. The molecule has 2 unspecified atom stereocenters. The Bertz CT molecular complexity index is 663. The molecule has 23 heavy (non-hydrogen) atoms. The molecule has 0 saturated carbocycles. The quantitative estimate of drug-likeness (QED) is 0.885. The van der Waals surface area contributed by atoms with E-state index in [1.54, 1.807) is 12.1 Å². The zero-order chi connectivity index (χ0) is 16.2. The number of nitrogens with one attached hydrogen (secondary N) is 1. The molecule has 1 aliphatic heterocycles. The Morgan fingerprint density at radius 1 is 1.35 bits per heavy atom. The van der Waals surface area contributed by atoms with Crippen molar-refractivity contribution < 1.29 is 18.3 Å². The van der Waals surface area contributed by atoms with Crippen LogP contribution < -0.4 is 5.32 Å². The van der Waals surface area contributed by atoms with Gasteiger partial charge in [0.25, 0.3) is 6.43 Å². The number of nitrogens with zero attached hydrogens (tertiary/aromatic N) is 2. The van der Waals surface area contributed by atoms with E-state index < -0.39 is 12.2 Å². The van der Waals surface area contributed by atoms with E-state index in [1.165, 1.54) is 0 Å².